The molecule has 0 radical (unpaired) electrons. The maximum Gasteiger partial charge on any atom is 0.293 e. The van der Waals surface area contributed by atoms with E-state index in [1.807, 2.05) is 36.4 Å². The minimum atomic E-state index is -0.520. The number of benzene rings is 3. The minimum Gasteiger partial charge on any atom is -0.496 e. The Kier molecular flexibility index (Phi) is 5.24. The zero-order chi connectivity index (χ0) is 21.3. The Balaban J connectivity index is 1.68. The van der Waals surface area contributed by atoms with Gasteiger partial charge in [0.1, 0.15) is 5.75 Å². The lowest BCUT2D eigenvalue weighted by Gasteiger charge is -2.12. The molecule has 4 rings (SSSR count). The molecule has 3 aromatic rings. The molecule has 7 nitrogen and oxygen atoms in total. The van der Waals surface area contributed by atoms with Crippen molar-refractivity contribution in [2.75, 3.05) is 7.11 Å². The van der Waals surface area contributed by atoms with E-state index in [4.69, 9.17) is 4.74 Å². The quantitative estimate of drug-likeness (QED) is 0.328. The molecule has 0 unspecified atom stereocenters. The first-order valence-corrected chi connectivity index (χ1v) is 9.84. The largest absolute Gasteiger partial charge is 0.496 e. The number of ether oxygens (including phenoxy) is 1. The Hall–Kier alpha value is -3.65. The zero-order valence-electron chi connectivity index (χ0n) is 15.9. The molecule has 1 aliphatic rings. The van der Waals surface area contributed by atoms with Gasteiger partial charge in [-0.15, -0.1) is 0 Å². The first kappa shape index (κ1) is 19.7. The third-order valence-electron chi connectivity index (χ3n) is 4.81. The molecule has 150 valence electrons. The van der Waals surface area contributed by atoms with Crippen LogP contribution in [0.25, 0.3) is 16.8 Å². The van der Waals surface area contributed by atoms with E-state index in [2.05, 4.69) is 0 Å². The minimum absolute atomic E-state index is 0.123. The van der Waals surface area contributed by atoms with Crippen molar-refractivity contribution in [3.8, 4) is 5.75 Å². The van der Waals surface area contributed by atoms with Crippen LogP contribution >= 0.6 is 11.8 Å². The van der Waals surface area contributed by atoms with E-state index < -0.39 is 16.1 Å². The number of thioether (sulfide) groups is 1. The molecule has 1 aliphatic heterocycles. The normalized spacial score (nSPS) is 15.2. The number of amides is 2. The van der Waals surface area contributed by atoms with E-state index in [1.165, 1.54) is 6.07 Å². The highest BCUT2D eigenvalue weighted by Gasteiger charge is 2.36. The van der Waals surface area contributed by atoms with Gasteiger partial charge < -0.3 is 4.74 Å². The van der Waals surface area contributed by atoms with Gasteiger partial charge in [-0.05, 0) is 34.9 Å². The number of hydrogen-bond donors (Lipinski definition) is 0. The molecule has 0 bridgehead atoms. The number of nitro benzene ring substituents is 1. The molecular formula is C22H16N2O5S. The number of nitro groups is 1. The van der Waals surface area contributed by atoms with Gasteiger partial charge in [-0.2, -0.15) is 0 Å². The second-order valence-corrected chi connectivity index (χ2v) is 7.55. The van der Waals surface area contributed by atoms with Crippen molar-refractivity contribution in [1.29, 1.82) is 0 Å². The van der Waals surface area contributed by atoms with Gasteiger partial charge in [-0.1, -0.05) is 48.5 Å². The Morgan fingerprint density at radius 1 is 1.03 bits per heavy atom. The van der Waals surface area contributed by atoms with Crippen LogP contribution in [0.15, 0.2) is 65.6 Å². The molecule has 1 saturated heterocycles. The number of imide groups is 1. The van der Waals surface area contributed by atoms with Crippen LogP contribution in [0.4, 0.5) is 10.5 Å². The molecule has 0 atom stereocenters. The maximum absolute atomic E-state index is 12.9. The lowest BCUT2D eigenvalue weighted by molar-refractivity contribution is -0.385. The highest BCUT2D eigenvalue weighted by molar-refractivity contribution is 8.18. The molecule has 0 saturated carbocycles. The summed E-state index contributed by atoms with van der Waals surface area (Å²) in [6.07, 6.45) is 1.67. The number of methoxy groups -OCH3 is 1. The fourth-order valence-corrected chi connectivity index (χ4v) is 4.20. The summed E-state index contributed by atoms with van der Waals surface area (Å²) in [7, 11) is 1.59. The van der Waals surface area contributed by atoms with Gasteiger partial charge in [-0.3, -0.25) is 24.6 Å². The van der Waals surface area contributed by atoms with Crippen LogP contribution < -0.4 is 4.74 Å². The second-order valence-electron chi connectivity index (χ2n) is 6.56. The van der Waals surface area contributed by atoms with Crippen molar-refractivity contribution >= 4 is 45.4 Å². The van der Waals surface area contributed by atoms with Crippen molar-refractivity contribution in [2.45, 2.75) is 6.54 Å². The molecule has 2 amide bonds. The summed E-state index contributed by atoms with van der Waals surface area (Å²) in [5, 5.41) is 12.6. The fourth-order valence-electron chi connectivity index (χ4n) is 3.37. The average Bonchev–Trinajstić information content (AvgIpc) is 3.01. The molecule has 3 aromatic carbocycles. The van der Waals surface area contributed by atoms with Gasteiger partial charge >= 0.3 is 0 Å². The zero-order valence-corrected chi connectivity index (χ0v) is 16.7. The molecule has 0 aliphatic carbocycles. The molecular weight excluding hydrogens is 404 g/mol. The molecule has 0 spiro atoms. The van der Waals surface area contributed by atoms with Gasteiger partial charge in [-0.25, -0.2) is 0 Å². The van der Waals surface area contributed by atoms with Gasteiger partial charge in [0.2, 0.25) is 0 Å². The molecule has 0 aromatic heterocycles. The third-order valence-corrected chi connectivity index (χ3v) is 5.72. The van der Waals surface area contributed by atoms with Gasteiger partial charge in [0.25, 0.3) is 16.8 Å². The van der Waals surface area contributed by atoms with Crippen molar-refractivity contribution in [2.24, 2.45) is 0 Å². The number of fused-ring (bicyclic) bond motifs is 1. The van der Waals surface area contributed by atoms with E-state index in [1.54, 1.807) is 31.4 Å². The summed E-state index contributed by atoms with van der Waals surface area (Å²) < 4.78 is 5.39. The highest BCUT2D eigenvalue weighted by Crippen LogP contribution is 2.36. The number of para-hydroxylation sites is 1. The van der Waals surface area contributed by atoms with Gasteiger partial charge in [0, 0.05) is 17.0 Å². The summed E-state index contributed by atoms with van der Waals surface area (Å²) in [4.78, 5) is 37.4. The van der Waals surface area contributed by atoms with Crippen molar-refractivity contribution < 1.29 is 19.2 Å². The molecule has 30 heavy (non-hydrogen) atoms. The van der Waals surface area contributed by atoms with Crippen molar-refractivity contribution in [3.63, 3.8) is 0 Å². The Morgan fingerprint density at radius 3 is 2.47 bits per heavy atom. The number of carbonyl (C=O) groups excluding carboxylic acids is 2. The number of nitrogens with zero attached hydrogens (tertiary/aromatic N) is 2. The van der Waals surface area contributed by atoms with Crippen LogP contribution in [-0.4, -0.2) is 28.1 Å². The van der Waals surface area contributed by atoms with E-state index >= 15 is 0 Å². The van der Waals surface area contributed by atoms with Crippen molar-refractivity contribution in [1.82, 2.24) is 4.90 Å². The summed E-state index contributed by atoms with van der Waals surface area (Å²) >= 11 is 0.826. The molecule has 1 heterocycles. The second kappa shape index (κ2) is 8.00. The Morgan fingerprint density at radius 2 is 1.73 bits per heavy atom. The van der Waals surface area contributed by atoms with Crippen LogP contribution in [0.1, 0.15) is 11.1 Å². The van der Waals surface area contributed by atoms with Crippen LogP contribution in [0, 0.1) is 10.1 Å². The van der Waals surface area contributed by atoms with Crippen LogP contribution in [0.3, 0.4) is 0 Å². The van der Waals surface area contributed by atoms with E-state index in [-0.39, 0.29) is 17.1 Å². The molecule has 8 heteroatoms. The number of carbonyl (C=O) groups is 2. The summed E-state index contributed by atoms with van der Waals surface area (Å²) in [6.45, 7) is -0.150. The first-order valence-electron chi connectivity index (χ1n) is 9.03. The standard InChI is InChI=1S/C22H16N2O5S/c1-29-19-11-10-14(16-7-3-4-8-17(16)19)12-20-21(25)23(22(26)30-20)13-15-6-2-5-9-18(15)24(27)28/h2-12H,13H2,1H3/b20-12+. The number of rotatable bonds is 5. The molecule has 0 N–H and O–H groups in total. The van der Waals surface area contributed by atoms with E-state index in [9.17, 15) is 19.7 Å². The van der Waals surface area contributed by atoms with Gasteiger partial charge in [0.15, 0.2) is 0 Å². The predicted molar refractivity (Wildman–Crippen MR) is 115 cm³/mol. The monoisotopic (exact) mass is 420 g/mol. The first-order chi connectivity index (χ1) is 14.5. The van der Waals surface area contributed by atoms with Crippen LogP contribution in [0.5, 0.6) is 5.75 Å². The number of hydrogen-bond acceptors (Lipinski definition) is 6. The summed E-state index contributed by atoms with van der Waals surface area (Å²) in [5.74, 6) is 0.246. The summed E-state index contributed by atoms with van der Waals surface area (Å²) in [6, 6.07) is 17.4. The highest BCUT2D eigenvalue weighted by atomic mass is 32.2. The topological polar surface area (TPSA) is 89.8 Å². The van der Waals surface area contributed by atoms with Crippen LogP contribution in [-0.2, 0) is 11.3 Å². The van der Waals surface area contributed by atoms with Gasteiger partial charge in [0.05, 0.1) is 23.5 Å². The SMILES string of the molecule is COc1ccc(/C=C2/SC(=O)N(Cc3ccccc3[N+](=O)[O-])C2=O)c2ccccc12. The predicted octanol–water partition coefficient (Wildman–Crippen LogP) is 4.99. The smallest absolute Gasteiger partial charge is 0.293 e. The summed E-state index contributed by atoms with van der Waals surface area (Å²) in [5.41, 5.74) is 0.963. The van der Waals surface area contributed by atoms with E-state index in [0.29, 0.717) is 11.3 Å². The van der Waals surface area contributed by atoms with E-state index in [0.717, 1.165) is 33.0 Å². The lowest BCUT2D eigenvalue weighted by atomic mass is 10.0. The maximum atomic E-state index is 12.9. The van der Waals surface area contributed by atoms with Crippen molar-refractivity contribution in [3.05, 3.63) is 86.8 Å². The lowest BCUT2D eigenvalue weighted by Crippen LogP contribution is -2.27. The Bertz CT molecular complexity index is 1220. The Labute approximate surface area is 176 Å². The fraction of sp³-hybridized carbons (Fsp3) is 0.0909. The average molecular weight is 420 g/mol. The van der Waals surface area contributed by atoms with Crippen LogP contribution in [0.2, 0.25) is 0 Å². The third kappa shape index (κ3) is 3.53. The molecule has 1 fully saturated rings.